The largest absolute Gasteiger partial charge is 0.310 e. The molecule has 0 bridgehead atoms. The summed E-state index contributed by atoms with van der Waals surface area (Å²) in [5, 5.41) is 4.23. The molecule has 80 heavy (non-hydrogen) atoms. The minimum absolute atomic E-state index is 0.0171. The normalized spacial score (nSPS) is 13.8. The van der Waals surface area contributed by atoms with Gasteiger partial charge in [0.2, 0.25) is 0 Å². The molecule has 9 aromatic rings. The fourth-order valence-electron chi connectivity index (χ4n) is 11.2. The predicted molar refractivity (Wildman–Crippen MR) is 350 cm³/mol. The van der Waals surface area contributed by atoms with Gasteiger partial charge >= 0.3 is 6.71 Å². The van der Waals surface area contributed by atoms with E-state index in [-0.39, 0.29) is 39.2 Å². The number of rotatable bonds is 7. The van der Waals surface area contributed by atoms with Gasteiger partial charge in [0.1, 0.15) is 20.0 Å². The molecule has 5 nitrogen and oxygen atoms in total. The average Bonchev–Trinajstić information content (AvgIpc) is 4.05. The molecule has 0 spiro atoms. The first-order chi connectivity index (χ1) is 37.4. The third-order valence-corrected chi connectivity index (χ3v) is 18.4. The molecule has 0 saturated heterocycles. The fourth-order valence-corrected chi connectivity index (χ4v) is 13.5. The molecule has 11 rings (SSSR count). The highest BCUT2D eigenvalue weighted by Crippen LogP contribution is 2.53. The first kappa shape index (κ1) is 55.2. The summed E-state index contributed by atoms with van der Waals surface area (Å²) in [6, 6.07) is 59.7. The van der Waals surface area contributed by atoms with Crippen LogP contribution in [0, 0.1) is 0 Å². The zero-order valence-electron chi connectivity index (χ0n) is 50.6. The van der Waals surface area contributed by atoms with Crippen molar-refractivity contribution in [3.05, 3.63) is 191 Å². The van der Waals surface area contributed by atoms with Crippen LogP contribution in [0.5, 0.6) is 0 Å². The summed E-state index contributed by atoms with van der Waals surface area (Å²) in [6.07, 6.45) is 0. The van der Waals surface area contributed by atoms with Crippen molar-refractivity contribution < 1.29 is 0 Å². The smallest absolute Gasteiger partial charge is 0.300 e. The van der Waals surface area contributed by atoms with Crippen LogP contribution in [-0.4, -0.2) is 16.7 Å². The van der Waals surface area contributed by atoms with Crippen molar-refractivity contribution in [2.75, 3.05) is 14.7 Å². The van der Waals surface area contributed by atoms with Gasteiger partial charge in [-0.15, -0.1) is 0 Å². The summed E-state index contributed by atoms with van der Waals surface area (Å²) in [5.41, 5.74) is 20.6. The van der Waals surface area contributed by atoms with E-state index >= 15 is 0 Å². The number of hydrogen-bond donors (Lipinski definition) is 0. The molecule has 4 heterocycles. The summed E-state index contributed by atoms with van der Waals surface area (Å²) < 4.78 is 0. The predicted octanol–water partition coefficient (Wildman–Crippen LogP) is 19.3. The van der Waals surface area contributed by atoms with Crippen molar-refractivity contribution in [3.8, 4) is 21.1 Å². The van der Waals surface area contributed by atoms with Gasteiger partial charge in [0, 0.05) is 45.3 Å². The minimum Gasteiger partial charge on any atom is -0.310 e. The Morgan fingerprint density at radius 2 is 0.662 bits per heavy atom. The second-order valence-corrected chi connectivity index (χ2v) is 30.6. The van der Waals surface area contributed by atoms with Gasteiger partial charge in [0.05, 0.1) is 16.9 Å². The highest BCUT2D eigenvalue weighted by Gasteiger charge is 2.49. The lowest BCUT2D eigenvalue weighted by Crippen LogP contribution is -2.62. The number of benzene rings is 7. The van der Waals surface area contributed by atoms with Crippen LogP contribution < -0.4 is 31.3 Å². The van der Waals surface area contributed by atoms with Crippen LogP contribution in [-0.2, 0) is 32.5 Å². The second kappa shape index (κ2) is 19.5. The Hall–Kier alpha value is -6.74. The van der Waals surface area contributed by atoms with Gasteiger partial charge in [0.15, 0.2) is 0 Å². The average molecular weight is 1090 g/mol. The van der Waals surface area contributed by atoms with Crippen LogP contribution in [0.2, 0.25) is 0 Å². The number of hydrogen-bond acceptors (Lipinski definition) is 7. The molecule has 2 aromatic heterocycles. The van der Waals surface area contributed by atoms with Crippen LogP contribution in [0.1, 0.15) is 158 Å². The lowest BCUT2D eigenvalue weighted by molar-refractivity contribution is 0.568. The summed E-state index contributed by atoms with van der Waals surface area (Å²) in [5.74, 6) is 0. The number of aromatic nitrogens is 2. The molecule has 0 amide bonds. The van der Waals surface area contributed by atoms with E-state index in [0.717, 1.165) is 82.1 Å². The van der Waals surface area contributed by atoms with Gasteiger partial charge in [-0.25, -0.2) is 9.97 Å². The Bertz CT molecular complexity index is 3460. The van der Waals surface area contributed by atoms with Gasteiger partial charge in [-0.1, -0.05) is 244 Å². The third kappa shape index (κ3) is 10.3. The SMILES string of the molecule is CC(C)(C)c1ccc(-c2nc3c(s2)N(c2cc(C(C)(C)C)cc(C(C)(C)C)c2)c2cc(N(c4ccccc4)c4ccccc4)cc4c2B3c2nc(-c3ccc(C(C)(C)C)cc3)sc2N4c2cc(C(C)(C)C)cc(C(C)(C)C)c2)cc1. The van der Waals surface area contributed by atoms with E-state index in [4.69, 9.17) is 9.97 Å². The Balaban J connectivity index is 1.31. The van der Waals surface area contributed by atoms with Crippen LogP contribution in [0.15, 0.2) is 158 Å². The van der Waals surface area contributed by atoms with E-state index in [1.807, 2.05) is 0 Å². The summed E-state index contributed by atoms with van der Waals surface area (Å²) in [4.78, 5) is 19.5. The number of anilines is 9. The molecule has 0 unspecified atom stereocenters. The first-order valence-electron chi connectivity index (χ1n) is 28.7. The second-order valence-electron chi connectivity index (χ2n) is 28.6. The van der Waals surface area contributed by atoms with Crippen molar-refractivity contribution in [2.45, 2.75) is 157 Å². The van der Waals surface area contributed by atoms with E-state index in [1.165, 1.54) is 38.8 Å². The van der Waals surface area contributed by atoms with Crippen LogP contribution in [0.25, 0.3) is 21.1 Å². The fraction of sp³-hybridized carbons (Fsp3) is 0.333. The quantitative estimate of drug-likeness (QED) is 0.149. The summed E-state index contributed by atoms with van der Waals surface area (Å²) in [6.45, 7) is 41.5. The molecule has 0 saturated carbocycles. The number of nitrogens with zero attached hydrogens (tertiary/aromatic N) is 5. The van der Waals surface area contributed by atoms with Crippen LogP contribution in [0.4, 0.5) is 49.8 Å². The number of para-hydroxylation sites is 2. The molecule has 2 aliphatic heterocycles. The molecule has 0 fully saturated rings. The zero-order valence-corrected chi connectivity index (χ0v) is 52.3. The summed E-state index contributed by atoms with van der Waals surface area (Å²) >= 11 is 3.61. The van der Waals surface area contributed by atoms with E-state index in [0.29, 0.717) is 0 Å². The lowest BCUT2D eigenvalue weighted by atomic mass is 9.37. The molecule has 2 aliphatic rings. The Morgan fingerprint density at radius 1 is 0.350 bits per heavy atom. The van der Waals surface area contributed by atoms with Gasteiger partial charge in [0.25, 0.3) is 0 Å². The van der Waals surface area contributed by atoms with Crippen molar-refractivity contribution >= 4 is 95.8 Å². The molecule has 8 heteroatoms. The summed E-state index contributed by atoms with van der Waals surface area (Å²) in [7, 11) is 0. The topological polar surface area (TPSA) is 35.5 Å². The molecule has 408 valence electrons. The number of thiazole rings is 2. The van der Waals surface area contributed by atoms with E-state index in [9.17, 15) is 0 Å². The Kier molecular flexibility index (Phi) is 13.4. The first-order valence-corrected chi connectivity index (χ1v) is 30.3. The van der Waals surface area contributed by atoms with E-state index in [2.05, 4.69) is 297 Å². The minimum atomic E-state index is -0.285. The maximum Gasteiger partial charge on any atom is 0.300 e. The third-order valence-electron chi connectivity index (χ3n) is 16.2. The number of fused-ring (bicyclic) bond motifs is 4. The maximum atomic E-state index is 5.93. The molecule has 0 atom stereocenters. The van der Waals surface area contributed by atoms with Crippen LogP contribution >= 0.6 is 22.7 Å². The van der Waals surface area contributed by atoms with E-state index < -0.39 is 0 Å². The highest BCUT2D eigenvalue weighted by molar-refractivity contribution is 7.24. The molecular formula is C72H80BN5S2. The zero-order chi connectivity index (χ0) is 57.2. The van der Waals surface area contributed by atoms with Crippen molar-refractivity contribution in [1.29, 1.82) is 0 Å². The van der Waals surface area contributed by atoms with E-state index in [1.54, 1.807) is 22.7 Å². The van der Waals surface area contributed by atoms with Gasteiger partial charge in [-0.3, -0.25) is 0 Å². The molecule has 0 N–H and O–H groups in total. The van der Waals surface area contributed by atoms with Crippen molar-refractivity contribution in [2.24, 2.45) is 0 Å². The standard InChI is InChI=1S/C72H80BN5S2/c1-67(2,3)47-33-29-45(30-34-47)63-74-61-65(79-63)77(55-39-49(69(7,8)9)37-50(40-55)70(10,11)12)58-43-57(76(53-25-21-19-22-26-53)54-27-23-20-24-28-54)44-59-60(58)73(61)62-66(80-64(75-62)46-31-35-48(36-32-46)68(4,5)6)78(59)56-41-51(71(13,14)15)38-52(42-56)72(16,17)18/h19-44H,1-18H3. The van der Waals surface area contributed by atoms with Crippen LogP contribution in [0.3, 0.4) is 0 Å². The Morgan fingerprint density at radius 3 is 0.963 bits per heavy atom. The monoisotopic (exact) mass is 1090 g/mol. The molecule has 7 aromatic carbocycles. The molecule has 0 radical (unpaired) electrons. The Labute approximate surface area is 486 Å². The van der Waals surface area contributed by atoms with Gasteiger partial charge < -0.3 is 14.7 Å². The van der Waals surface area contributed by atoms with Gasteiger partial charge in [-0.2, -0.15) is 0 Å². The highest BCUT2D eigenvalue weighted by atomic mass is 32.1. The maximum absolute atomic E-state index is 5.93. The van der Waals surface area contributed by atoms with Crippen molar-refractivity contribution in [1.82, 2.24) is 9.97 Å². The van der Waals surface area contributed by atoms with Crippen molar-refractivity contribution in [3.63, 3.8) is 0 Å². The molecular weight excluding hydrogens is 1010 g/mol. The van der Waals surface area contributed by atoms with Gasteiger partial charge in [-0.05, 0) is 132 Å². The molecule has 0 aliphatic carbocycles. The lowest BCUT2D eigenvalue weighted by Gasteiger charge is -2.42.